The van der Waals surface area contributed by atoms with Crippen molar-refractivity contribution < 1.29 is 27.9 Å². The molecule has 0 bridgehead atoms. The van der Waals surface area contributed by atoms with Crippen molar-refractivity contribution in [3.8, 4) is 0 Å². The van der Waals surface area contributed by atoms with Gasteiger partial charge in [0.25, 0.3) is 5.91 Å². The molecule has 2 heterocycles. The number of carbonyl (C=O) groups is 2. The highest BCUT2D eigenvalue weighted by molar-refractivity contribution is 5.97. The van der Waals surface area contributed by atoms with E-state index in [-0.39, 0.29) is 42.0 Å². The van der Waals surface area contributed by atoms with Crippen LogP contribution in [0.25, 0.3) is 0 Å². The topological polar surface area (TPSA) is 70.7 Å². The number of nitrogens with zero attached hydrogens (tertiary/aromatic N) is 1. The van der Waals surface area contributed by atoms with Gasteiger partial charge in [-0.25, -0.2) is 8.78 Å². The van der Waals surface area contributed by atoms with Crippen LogP contribution in [0.4, 0.5) is 8.78 Å². The summed E-state index contributed by atoms with van der Waals surface area (Å²) in [4.78, 5) is 25.0. The number of hydrogen-bond donors (Lipinski definition) is 1. The third kappa shape index (κ3) is 2.77. The lowest BCUT2D eigenvalue weighted by Crippen LogP contribution is -2.37. The number of carboxylic acids is 1. The number of fused-ring (bicyclic) bond motifs is 1. The summed E-state index contributed by atoms with van der Waals surface area (Å²) in [5.74, 6) is -2.53. The Morgan fingerprint density at radius 2 is 1.92 bits per heavy atom. The first-order valence-corrected chi connectivity index (χ1v) is 7.42. The first kappa shape index (κ1) is 16.2. The van der Waals surface area contributed by atoms with Crippen molar-refractivity contribution in [2.24, 2.45) is 0 Å². The van der Waals surface area contributed by atoms with Crippen molar-refractivity contribution in [1.82, 2.24) is 4.90 Å². The van der Waals surface area contributed by atoms with Gasteiger partial charge in [-0.2, -0.15) is 0 Å². The van der Waals surface area contributed by atoms with Gasteiger partial charge in [-0.1, -0.05) is 0 Å². The molecule has 0 saturated carbocycles. The van der Waals surface area contributed by atoms with E-state index in [1.54, 1.807) is 6.92 Å². The van der Waals surface area contributed by atoms with Gasteiger partial charge in [0, 0.05) is 24.2 Å². The summed E-state index contributed by atoms with van der Waals surface area (Å²) < 4.78 is 32.9. The quantitative estimate of drug-likeness (QED) is 0.936. The number of carbonyl (C=O) groups excluding carboxylic acids is 1. The van der Waals surface area contributed by atoms with Crippen LogP contribution < -0.4 is 0 Å². The lowest BCUT2D eigenvalue weighted by atomic mass is 9.97. The van der Waals surface area contributed by atoms with Crippen molar-refractivity contribution in [2.45, 2.75) is 26.3 Å². The van der Waals surface area contributed by atoms with E-state index < -0.39 is 29.9 Å². The van der Waals surface area contributed by atoms with Gasteiger partial charge in [-0.05, 0) is 31.0 Å². The third-order valence-corrected chi connectivity index (χ3v) is 4.16. The Balaban J connectivity index is 1.91. The van der Waals surface area contributed by atoms with Gasteiger partial charge in [-0.3, -0.25) is 9.59 Å². The average Bonchev–Trinajstić information content (AvgIpc) is 2.90. The lowest BCUT2D eigenvalue weighted by molar-refractivity contribution is -0.136. The molecule has 7 heteroatoms. The summed E-state index contributed by atoms with van der Waals surface area (Å²) in [7, 11) is 0. The number of halogens is 2. The predicted octanol–water partition coefficient (Wildman–Crippen LogP) is 2.69. The van der Waals surface area contributed by atoms with Crippen LogP contribution in [0.5, 0.6) is 0 Å². The molecule has 24 heavy (non-hydrogen) atoms. The summed E-state index contributed by atoms with van der Waals surface area (Å²) in [5.41, 5.74) is 1.14. The second-order valence-corrected chi connectivity index (χ2v) is 5.75. The van der Waals surface area contributed by atoms with Crippen LogP contribution in [0.15, 0.2) is 22.8 Å². The summed E-state index contributed by atoms with van der Waals surface area (Å²) in [5, 5.41) is 8.91. The maximum Gasteiger partial charge on any atom is 0.311 e. The zero-order chi connectivity index (χ0) is 17.4. The maximum absolute atomic E-state index is 14.0. The molecule has 2 aromatic rings. The van der Waals surface area contributed by atoms with E-state index in [1.165, 1.54) is 11.2 Å². The molecular weight excluding hydrogens is 320 g/mol. The Morgan fingerprint density at radius 3 is 2.58 bits per heavy atom. The van der Waals surface area contributed by atoms with Crippen molar-refractivity contribution in [3.63, 3.8) is 0 Å². The van der Waals surface area contributed by atoms with Gasteiger partial charge < -0.3 is 14.4 Å². The highest BCUT2D eigenvalue weighted by atomic mass is 19.1. The number of carboxylic acid groups (broad SMARTS) is 1. The molecule has 0 aliphatic carbocycles. The van der Waals surface area contributed by atoms with Gasteiger partial charge in [0.1, 0.15) is 23.8 Å². The van der Waals surface area contributed by atoms with E-state index in [0.29, 0.717) is 5.56 Å². The minimum atomic E-state index is -1.12. The molecule has 1 aromatic carbocycles. The number of hydrogen-bond acceptors (Lipinski definition) is 3. The van der Waals surface area contributed by atoms with Crippen LogP contribution in [-0.2, 0) is 24.2 Å². The van der Waals surface area contributed by atoms with Crippen LogP contribution in [0.2, 0.25) is 0 Å². The Hall–Kier alpha value is -2.70. The Morgan fingerprint density at radius 1 is 1.25 bits per heavy atom. The number of benzene rings is 1. The molecule has 1 aromatic heterocycles. The minimum Gasteiger partial charge on any atom is -0.481 e. The molecule has 1 N–H and O–H groups in total. The van der Waals surface area contributed by atoms with E-state index >= 15 is 0 Å². The van der Waals surface area contributed by atoms with Gasteiger partial charge in [0.15, 0.2) is 0 Å². The van der Waals surface area contributed by atoms with Crippen molar-refractivity contribution in [3.05, 3.63) is 58.0 Å². The zero-order valence-corrected chi connectivity index (χ0v) is 12.9. The summed E-state index contributed by atoms with van der Waals surface area (Å²) in [6.07, 6.45) is 1.11. The first-order valence-electron chi connectivity index (χ1n) is 7.42. The van der Waals surface area contributed by atoms with Gasteiger partial charge >= 0.3 is 5.97 Å². The molecule has 5 nitrogen and oxygen atoms in total. The Bertz CT molecular complexity index is 828. The molecule has 1 aliphatic heterocycles. The van der Waals surface area contributed by atoms with E-state index in [1.807, 2.05) is 0 Å². The summed E-state index contributed by atoms with van der Waals surface area (Å²) in [6.45, 7) is 1.80. The van der Waals surface area contributed by atoms with E-state index in [0.717, 1.165) is 12.1 Å². The second-order valence-electron chi connectivity index (χ2n) is 5.75. The van der Waals surface area contributed by atoms with Crippen LogP contribution >= 0.6 is 0 Å². The smallest absolute Gasteiger partial charge is 0.311 e. The normalized spacial score (nSPS) is 13.7. The van der Waals surface area contributed by atoms with Crippen LogP contribution in [-0.4, -0.2) is 28.4 Å². The standard InChI is InChI=1S/C17H15F2NO4/c1-9-8-24-14(6-15(21)22)16(9)17(23)20-5-4-10-11(7-20)13(19)3-2-12(10)18/h2-3,8H,4-7H2,1H3,(H,21,22). The largest absolute Gasteiger partial charge is 0.481 e. The number of aliphatic carboxylic acids is 1. The Kier molecular flexibility index (Phi) is 4.09. The number of rotatable bonds is 3. The first-order chi connectivity index (χ1) is 11.4. The van der Waals surface area contributed by atoms with Gasteiger partial charge in [0.2, 0.25) is 0 Å². The zero-order valence-electron chi connectivity index (χ0n) is 12.9. The molecule has 126 valence electrons. The van der Waals surface area contributed by atoms with E-state index in [4.69, 9.17) is 9.52 Å². The average molecular weight is 335 g/mol. The lowest BCUT2D eigenvalue weighted by Gasteiger charge is -2.29. The van der Waals surface area contributed by atoms with Crippen molar-refractivity contribution in [1.29, 1.82) is 0 Å². The SMILES string of the molecule is Cc1coc(CC(=O)O)c1C(=O)N1CCc2c(F)ccc(F)c2C1. The molecule has 0 radical (unpaired) electrons. The summed E-state index contributed by atoms with van der Waals surface area (Å²) >= 11 is 0. The van der Waals surface area contributed by atoms with Crippen LogP contribution in [0.3, 0.4) is 0 Å². The highest BCUT2D eigenvalue weighted by Crippen LogP contribution is 2.27. The number of amides is 1. The van der Waals surface area contributed by atoms with Crippen LogP contribution in [0, 0.1) is 18.6 Å². The molecule has 0 spiro atoms. The molecule has 0 unspecified atom stereocenters. The second kappa shape index (κ2) is 6.07. The predicted molar refractivity (Wildman–Crippen MR) is 79.6 cm³/mol. The van der Waals surface area contributed by atoms with Crippen LogP contribution in [0.1, 0.15) is 32.8 Å². The molecule has 0 saturated heterocycles. The van der Waals surface area contributed by atoms with Gasteiger partial charge in [0.05, 0.1) is 11.8 Å². The van der Waals surface area contributed by atoms with Crippen molar-refractivity contribution in [2.75, 3.05) is 6.54 Å². The molecule has 0 atom stereocenters. The molecular formula is C17H15F2NO4. The molecule has 0 fully saturated rings. The van der Waals surface area contributed by atoms with Crippen molar-refractivity contribution >= 4 is 11.9 Å². The van der Waals surface area contributed by atoms with E-state index in [2.05, 4.69) is 0 Å². The summed E-state index contributed by atoms with van der Waals surface area (Å²) in [6, 6.07) is 2.12. The maximum atomic E-state index is 14.0. The highest BCUT2D eigenvalue weighted by Gasteiger charge is 2.29. The Labute approximate surface area is 136 Å². The van der Waals surface area contributed by atoms with Gasteiger partial charge in [-0.15, -0.1) is 0 Å². The third-order valence-electron chi connectivity index (χ3n) is 4.16. The fourth-order valence-corrected chi connectivity index (χ4v) is 2.98. The molecule has 1 amide bonds. The fraction of sp³-hybridized carbons (Fsp3) is 0.294. The minimum absolute atomic E-state index is 0.0606. The van der Waals surface area contributed by atoms with E-state index in [9.17, 15) is 18.4 Å². The number of furan rings is 1. The fourth-order valence-electron chi connectivity index (χ4n) is 2.98. The monoisotopic (exact) mass is 335 g/mol. The number of aryl methyl sites for hydroxylation is 1. The molecule has 3 rings (SSSR count). The molecule has 1 aliphatic rings.